The Kier molecular flexibility index (Phi) is 5.09. The molecule has 3 heteroatoms. The molecule has 0 aromatic heterocycles. The minimum Gasteiger partial charge on any atom is -0.369 e. The molecule has 1 aliphatic carbocycles. The summed E-state index contributed by atoms with van der Waals surface area (Å²) in [6.07, 6.45) is 6.78. The lowest BCUT2D eigenvalue weighted by Crippen LogP contribution is -2.40. The van der Waals surface area contributed by atoms with Crippen LogP contribution < -0.4 is 11.1 Å². The van der Waals surface area contributed by atoms with Gasteiger partial charge in [-0.15, -0.1) is 0 Å². The highest BCUT2D eigenvalue weighted by Gasteiger charge is 2.20. The first-order valence-corrected chi connectivity index (χ1v) is 6.14. The maximum Gasteiger partial charge on any atom is 0.221 e. The van der Waals surface area contributed by atoms with Gasteiger partial charge >= 0.3 is 0 Å². The van der Waals surface area contributed by atoms with Gasteiger partial charge in [-0.25, -0.2) is 0 Å². The van der Waals surface area contributed by atoms with E-state index in [0.717, 1.165) is 5.92 Å². The summed E-state index contributed by atoms with van der Waals surface area (Å²) >= 11 is 0. The van der Waals surface area contributed by atoms with Crippen LogP contribution in [-0.2, 0) is 4.79 Å². The van der Waals surface area contributed by atoms with Crippen LogP contribution in [0.2, 0.25) is 0 Å². The number of hydrogen-bond acceptors (Lipinski definition) is 2. The van der Waals surface area contributed by atoms with E-state index < -0.39 is 0 Å². The fourth-order valence-electron chi connectivity index (χ4n) is 2.26. The lowest BCUT2D eigenvalue weighted by Gasteiger charge is -2.29. The Morgan fingerprint density at radius 1 is 1.33 bits per heavy atom. The van der Waals surface area contributed by atoms with Crippen molar-refractivity contribution in [3.63, 3.8) is 0 Å². The molecular weight excluding hydrogens is 188 g/mol. The normalized spacial score (nSPS) is 22.3. The standard InChI is InChI=1S/C12H24N2O/c1-9(12(13)15)8-14-10(2)11-6-4-3-5-7-11/h9-11,14H,3-8H2,1-2H3,(H2,13,15). The van der Waals surface area contributed by atoms with Gasteiger partial charge in [0.1, 0.15) is 0 Å². The zero-order valence-electron chi connectivity index (χ0n) is 9.96. The Bertz CT molecular complexity index is 200. The molecule has 1 aliphatic rings. The Balaban J connectivity index is 2.22. The molecule has 0 bridgehead atoms. The Morgan fingerprint density at radius 3 is 2.47 bits per heavy atom. The largest absolute Gasteiger partial charge is 0.369 e. The second-order valence-corrected chi connectivity index (χ2v) is 4.90. The summed E-state index contributed by atoms with van der Waals surface area (Å²) in [5.74, 6) is 0.521. The predicted molar refractivity (Wildman–Crippen MR) is 62.4 cm³/mol. The molecule has 1 rings (SSSR count). The lowest BCUT2D eigenvalue weighted by molar-refractivity contribution is -0.121. The summed E-state index contributed by atoms with van der Waals surface area (Å²) in [6, 6.07) is 0.520. The molecule has 0 spiro atoms. The van der Waals surface area contributed by atoms with Crippen LogP contribution in [-0.4, -0.2) is 18.5 Å². The van der Waals surface area contributed by atoms with Crippen molar-refractivity contribution >= 4 is 5.91 Å². The van der Waals surface area contributed by atoms with Gasteiger partial charge in [-0.3, -0.25) is 4.79 Å². The van der Waals surface area contributed by atoms with Gasteiger partial charge in [0, 0.05) is 18.5 Å². The number of nitrogens with one attached hydrogen (secondary N) is 1. The quantitative estimate of drug-likeness (QED) is 0.728. The van der Waals surface area contributed by atoms with E-state index in [9.17, 15) is 4.79 Å². The van der Waals surface area contributed by atoms with Crippen LogP contribution in [0, 0.1) is 11.8 Å². The molecule has 3 N–H and O–H groups in total. The second kappa shape index (κ2) is 6.11. The van der Waals surface area contributed by atoms with Crippen molar-refractivity contribution in [1.29, 1.82) is 0 Å². The Hall–Kier alpha value is -0.570. The highest BCUT2D eigenvalue weighted by Crippen LogP contribution is 2.26. The molecule has 1 amide bonds. The molecule has 0 heterocycles. The van der Waals surface area contributed by atoms with Crippen molar-refractivity contribution < 1.29 is 4.79 Å². The third-order valence-electron chi connectivity index (χ3n) is 3.59. The average Bonchev–Trinajstić information content (AvgIpc) is 2.26. The topological polar surface area (TPSA) is 55.1 Å². The molecule has 3 nitrogen and oxygen atoms in total. The van der Waals surface area contributed by atoms with Gasteiger partial charge in [0.25, 0.3) is 0 Å². The van der Waals surface area contributed by atoms with Crippen LogP contribution in [0.25, 0.3) is 0 Å². The molecule has 15 heavy (non-hydrogen) atoms. The van der Waals surface area contributed by atoms with Gasteiger partial charge in [0.2, 0.25) is 5.91 Å². The summed E-state index contributed by atoms with van der Waals surface area (Å²) in [4.78, 5) is 10.9. The van der Waals surface area contributed by atoms with Gasteiger partial charge < -0.3 is 11.1 Å². The first kappa shape index (κ1) is 12.5. The van der Waals surface area contributed by atoms with E-state index in [-0.39, 0.29) is 11.8 Å². The second-order valence-electron chi connectivity index (χ2n) is 4.90. The summed E-state index contributed by atoms with van der Waals surface area (Å²) < 4.78 is 0. The zero-order valence-corrected chi connectivity index (χ0v) is 9.96. The van der Waals surface area contributed by atoms with Crippen molar-refractivity contribution in [2.45, 2.75) is 52.0 Å². The van der Waals surface area contributed by atoms with Gasteiger partial charge in [-0.1, -0.05) is 26.2 Å². The number of nitrogens with two attached hydrogens (primary N) is 1. The van der Waals surface area contributed by atoms with E-state index in [4.69, 9.17) is 5.73 Å². The smallest absolute Gasteiger partial charge is 0.221 e. The third-order valence-corrected chi connectivity index (χ3v) is 3.59. The number of amides is 1. The van der Waals surface area contributed by atoms with Gasteiger partial charge in [-0.2, -0.15) is 0 Å². The molecule has 0 aliphatic heterocycles. The van der Waals surface area contributed by atoms with Gasteiger partial charge in [-0.05, 0) is 25.7 Å². The van der Waals surface area contributed by atoms with E-state index in [0.29, 0.717) is 12.6 Å². The van der Waals surface area contributed by atoms with Crippen LogP contribution >= 0.6 is 0 Å². The van der Waals surface area contributed by atoms with E-state index in [1.165, 1.54) is 32.1 Å². The minimum absolute atomic E-state index is 0.0592. The van der Waals surface area contributed by atoms with Crippen LogP contribution in [0.3, 0.4) is 0 Å². The highest BCUT2D eigenvalue weighted by molar-refractivity contribution is 5.76. The predicted octanol–water partition coefficient (Wildman–Crippen LogP) is 1.67. The number of hydrogen-bond donors (Lipinski definition) is 2. The number of carbonyl (C=O) groups is 1. The average molecular weight is 212 g/mol. The van der Waals surface area contributed by atoms with Crippen molar-refractivity contribution in [1.82, 2.24) is 5.32 Å². The number of carbonyl (C=O) groups excluding carboxylic acids is 1. The molecule has 0 aromatic rings. The maximum atomic E-state index is 10.9. The summed E-state index contributed by atoms with van der Waals surface area (Å²) in [5.41, 5.74) is 5.22. The summed E-state index contributed by atoms with van der Waals surface area (Å²) in [6.45, 7) is 4.82. The van der Waals surface area contributed by atoms with Crippen molar-refractivity contribution in [2.75, 3.05) is 6.54 Å². The molecule has 2 unspecified atom stereocenters. The van der Waals surface area contributed by atoms with Crippen molar-refractivity contribution in [3.8, 4) is 0 Å². The maximum absolute atomic E-state index is 10.9. The molecule has 0 saturated heterocycles. The fraction of sp³-hybridized carbons (Fsp3) is 0.917. The monoisotopic (exact) mass is 212 g/mol. The Morgan fingerprint density at radius 2 is 1.93 bits per heavy atom. The van der Waals surface area contributed by atoms with Crippen LogP contribution in [0.15, 0.2) is 0 Å². The van der Waals surface area contributed by atoms with E-state index in [2.05, 4.69) is 12.2 Å². The van der Waals surface area contributed by atoms with Crippen LogP contribution in [0.4, 0.5) is 0 Å². The van der Waals surface area contributed by atoms with E-state index in [1.54, 1.807) is 0 Å². The van der Waals surface area contributed by atoms with Gasteiger partial charge in [0.05, 0.1) is 0 Å². The summed E-state index contributed by atoms with van der Waals surface area (Å²) in [5, 5.41) is 3.43. The van der Waals surface area contributed by atoms with Crippen LogP contribution in [0.1, 0.15) is 46.0 Å². The summed E-state index contributed by atoms with van der Waals surface area (Å²) in [7, 11) is 0. The first-order chi connectivity index (χ1) is 7.11. The lowest BCUT2D eigenvalue weighted by atomic mass is 9.84. The van der Waals surface area contributed by atoms with Crippen LogP contribution in [0.5, 0.6) is 0 Å². The molecule has 1 fully saturated rings. The molecule has 2 atom stereocenters. The first-order valence-electron chi connectivity index (χ1n) is 6.14. The molecule has 0 radical (unpaired) electrons. The Labute approximate surface area is 92.8 Å². The zero-order chi connectivity index (χ0) is 11.3. The highest BCUT2D eigenvalue weighted by atomic mass is 16.1. The van der Waals surface area contributed by atoms with Crippen molar-refractivity contribution in [3.05, 3.63) is 0 Å². The van der Waals surface area contributed by atoms with Gasteiger partial charge in [0.15, 0.2) is 0 Å². The molecule has 88 valence electrons. The van der Waals surface area contributed by atoms with E-state index >= 15 is 0 Å². The van der Waals surface area contributed by atoms with E-state index in [1.807, 2.05) is 6.92 Å². The number of primary amides is 1. The fourth-order valence-corrected chi connectivity index (χ4v) is 2.26. The molecule has 0 aromatic carbocycles. The number of rotatable bonds is 5. The molecular formula is C12H24N2O. The SMILES string of the molecule is CC(CNC(C)C1CCCCC1)C(N)=O. The molecule has 1 saturated carbocycles. The van der Waals surface area contributed by atoms with Crippen molar-refractivity contribution in [2.24, 2.45) is 17.6 Å². The third kappa shape index (κ3) is 4.20. The minimum atomic E-state index is -0.210.